The van der Waals surface area contributed by atoms with Crippen LogP contribution >= 0.6 is 11.6 Å². The molecule has 0 spiro atoms. The van der Waals surface area contributed by atoms with Gasteiger partial charge in [-0.25, -0.2) is 9.99 Å². The molecule has 226 valence electrons. The Kier molecular flexibility index (Phi) is 9.12. The summed E-state index contributed by atoms with van der Waals surface area (Å²) in [5.41, 5.74) is 7.02. The number of aryl methyl sites for hydroxylation is 1. The number of benzene rings is 1. The fourth-order valence-electron chi connectivity index (χ4n) is 7.47. The molecular weight excluding hydrogens is 548 g/mol. The number of piperidine rings is 1. The summed E-state index contributed by atoms with van der Waals surface area (Å²) in [5, 5.41) is 15.1. The van der Waals surface area contributed by atoms with E-state index >= 15 is 0 Å². The van der Waals surface area contributed by atoms with E-state index in [1.54, 1.807) is 12.4 Å². The normalized spacial score (nSPS) is 29.0. The van der Waals surface area contributed by atoms with Crippen molar-refractivity contribution < 1.29 is 0 Å². The van der Waals surface area contributed by atoms with Crippen LogP contribution in [0.5, 0.6) is 0 Å². The maximum absolute atomic E-state index is 13.9. The lowest BCUT2D eigenvalue weighted by molar-refractivity contribution is 0.108. The van der Waals surface area contributed by atoms with Crippen molar-refractivity contribution in [3.63, 3.8) is 0 Å². The fourth-order valence-corrected chi connectivity index (χ4v) is 7.64. The lowest BCUT2D eigenvalue weighted by atomic mass is 9.80. The van der Waals surface area contributed by atoms with Gasteiger partial charge in [0, 0.05) is 66.7 Å². The van der Waals surface area contributed by atoms with Gasteiger partial charge >= 0.3 is 0 Å². The molecule has 2 bridgehead atoms. The first-order chi connectivity index (χ1) is 20.4. The summed E-state index contributed by atoms with van der Waals surface area (Å²) in [6, 6.07) is 8.66. The average molecular weight is 593 g/mol. The van der Waals surface area contributed by atoms with Crippen molar-refractivity contribution in [2.24, 2.45) is 11.8 Å². The van der Waals surface area contributed by atoms with Gasteiger partial charge in [-0.1, -0.05) is 37.9 Å². The van der Waals surface area contributed by atoms with Crippen LogP contribution in [0.25, 0.3) is 22.4 Å². The maximum Gasteiger partial charge on any atom is 0.254 e. The summed E-state index contributed by atoms with van der Waals surface area (Å²) in [4.78, 5) is 18.8. The summed E-state index contributed by atoms with van der Waals surface area (Å²) >= 11 is 6.46. The molecule has 3 fully saturated rings. The van der Waals surface area contributed by atoms with E-state index in [9.17, 15) is 4.79 Å². The zero-order valence-electron chi connectivity index (χ0n) is 25.1. The second-order valence-corrected chi connectivity index (χ2v) is 13.1. The van der Waals surface area contributed by atoms with Crippen LogP contribution < -0.4 is 21.6 Å². The summed E-state index contributed by atoms with van der Waals surface area (Å²) < 4.78 is 3.85. The van der Waals surface area contributed by atoms with Gasteiger partial charge in [-0.15, -0.1) is 0 Å². The second kappa shape index (κ2) is 13.0. The Morgan fingerprint density at radius 2 is 1.95 bits per heavy atom. The number of halogens is 1. The second-order valence-electron chi connectivity index (χ2n) is 12.6. The number of aromatic nitrogens is 4. The highest BCUT2D eigenvalue weighted by Crippen LogP contribution is 2.35. The summed E-state index contributed by atoms with van der Waals surface area (Å²) in [5.74, 6) is 1.14. The SMILES string of the molecule is CCCn1cc(-c2ccc(Cl)cc2-c2cc(=O)n([C@H]3CCC[C@@H](C)CNC4CNN(C)C4C4CCNC3C4)cn2)cn1. The van der Waals surface area contributed by atoms with E-state index in [0.29, 0.717) is 34.6 Å². The first-order valence-corrected chi connectivity index (χ1v) is 16.1. The topological polar surface area (TPSA) is 92.0 Å². The van der Waals surface area contributed by atoms with Crippen molar-refractivity contribution in [3.05, 3.63) is 58.4 Å². The molecular formula is C32H45ClN8O. The van der Waals surface area contributed by atoms with Crippen molar-refractivity contribution in [1.82, 2.24) is 40.4 Å². The Morgan fingerprint density at radius 3 is 2.79 bits per heavy atom. The van der Waals surface area contributed by atoms with Crippen LogP contribution in [0.1, 0.15) is 58.4 Å². The van der Waals surface area contributed by atoms with E-state index in [0.717, 1.165) is 81.4 Å². The predicted octanol–water partition coefficient (Wildman–Crippen LogP) is 4.34. The molecule has 0 radical (unpaired) electrons. The maximum atomic E-state index is 13.9. The molecule has 3 aromatic rings. The number of fused-ring (bicyclic) bond motifs is 4. The molecule has 4 unspecified atom stereocenters. The average Bonchev–Trinajstić information content (AvgIpc) is 3.60. The third-order valence-corrected chi connectivity index (χ3v) is 9.85. The van der Waals surface area contributed by atoms with Crippen molar-refractivity contribution in [3.8, 4) is 22.4 Å². The minimum atomic E-state index is -0.0131. The Balaban J connectivity index is 1.32. The van der Waals surface area contributed by atoms with Crippen LogP contribution in [-0.2, 0) is 6.54 Å². The first-order valence-electron chi connectivity index (χ1n) is 15.7. The predicted molar refractivity (Wildman–Crippen MR) is 168 cm³/mol. The van der Waals surface area contributed by atoms with Gasteiger partial charge in [0.25, 0.3) is 5.56 Å². The van der Waals surface area contributed by atoms with Gasteiger partial charge < -0.3 is 10.6 Å². The van der Waals surface area contributed by atoms with Crippen LogP contribution in [0.3, 0.4) is 0 Å². The number of hydrogen-bond donors (Lipinski definition) is 3. The molecule has 0 amide bonds. The van der Waals surface area contributed by atoms with Crippen molar-refractivity contribution in [1.29, 1.82) is 0 Å². The number of nitrogens with one attached hydrogen (secondary N) is 3. The highest BCUT2D eigenvalue weighted by molar-refractivity contribution is 6.31. The number of hydrogen-bond acceptors (Lipinski definition) is 7. The van der Waals surface area contributed by atoms with Crippen LogP contribution in [0.15, 0.2) is 47.8 Å². The lowest BCUT2D eigenvalue weighted by Gasteiger charge is -2.42. The quantitative estimate of drug-likeness (QED) is 0.406. The zero-order chi connectivity index (χ0) is 29.2. The van der Waals surface area contributed by atoms with Crippen molar-refractivity contribution in [2.75, 3.05) is 26.7 Å². The number of rotatable bonds is 5. The highest BCUT2D eigenvalue weighted by Gasteiger charge is 2.41. The number of likely N-dealkylation sites (N-methyl/N-ethyl adjacent to an activating group) is 1. The highest BCUT2D eigenvalue weighted by atomic mass is 35.5. The standard InChI is InChI=1S/C32H45ClN8O/c1-4-12-40-19-23(17-38-40)25-9-8-24(33)14-26(25)27-15-31(42)41(20-36-27)30-7-5-6-21(2)16-35-29-18-37-39(3)32(29)22-10-11-34-28(30)13-22/h8-9,14-15,17,19-22,28-30,32,34-35,37H,4-7,10-13,16,18H2,1-3H3/t21-,22?,28?,29?,30+,32?/m1/s1. The van der Waals surface area contributed by atoms with Gasteiger partial charge in [-0.2, -0.15) is 5.10 Å². The molecule has 0 aliphatic carbocycles. The third-order valence-electron chi connectivity index (χ3n) is 9.62. The Hall–Kier alpha value is -2.56. The number of nitrogens with zero attached hydrogens (tertiary/aromatic N) is 5. The largest absolute Gasteiger partial charge is 0.312 e. The molecule has 42 heavy (non-hydrogen) atoms. The molecule has 3 aliphatic rings. The minimum Gasteiger partial charge on any atom is -0.312 e. The monoisotopic (exact) mass is 592 g/mol. The van der Waals surface area contributed by atoms with Crippen LogP contribution in [0.2, 0.25) is 5.02 Å². The summed E-state index contributed by atoms with van der Waals surface area (Å²) in [6.45, 7) is 8.31. The summed E-state index contributed by atoms with van der Waals surface area (Å²) in [7, 11) is 2.18. The molecule has 9 nitrogen and oxygen atoms in total. The molecule has 3 saturated heterocycles. The van der Waals surface area contributed by atoms with Crippen LogP contribution in [0.4, 0.5) is 0 Å². The molecule has 10 heteroatoms. The molecule has 2 aromatic heterocycles. The fraction of sp³-hybridized carbons (Fsp3) is 0.594. The van der Waals surface area contributed by atoms with E-state index in [2.05, 4.69) is 47.1 Å². The smallest absolute Gasteiger partial charge is 0.254 e. The molecule has 5 heterocycles. The summed E-state index contributed by atoms with van der Waals surface area (Å²) in [6.07, 6.45) is 12.1. The van der Waals surface area contributed by atoms with Crippen molar-refractivity contribution in [2.45, 2.75) is 83.1 Å². The van der Waals surface area contributed by atoms with Gasteiger partial charge in [0.15, 0.2) is 0 Å². The van der Waals surface area contributed by atoms with Gasteiger partial charge in [0.2, 0.25) is 0 Å². The molecule has 3 N–H and O–H groups in total. The van der Waals surface area contributed by atoms with Crippen LogP contribution in [0, 0.1) is 11.8 Å². The Labute approximate surface area is 254 Å². The van der Waals surface area contributed by atoms with Crippen molar-refractivity contribution >= 4 is 11.6 Å². The molecule has 3 aliphatic heterocycles. The van der Waals surface area contributed by atoms with E-state index < -0.39 is 0 Å². The lowest BCUT2D eigenvalue weighted by Crippen LogP contribution is -2.54. The Bertz CT molecular complexity index is 1420. The van der Waals surface area contributed by atoms with E-state index in [1.807, 2.05) is 39.8 Å². The molecule has 0 saturated carbocycles. The van der Waals surface area contributed by atoms with Gasteiger partial charge in [-0.05, 0) is 74.7 Å². The third kappa shape index (κ3) is 6.21. The first kappa shape index (κ1) is 29.5. The molecule has 6 atom stereocenters. The molecule has 6 rings (SSSR count). The van der Waals surface area contributed by atoms with Gasteiger partial charge in [0.05, 0.1) is 24.3 Å². The zero-order valence-corrected chi connectivity index (χ0v) is 25.9. The van der Waals surface area contributed by atoms with E-state index in [1.165, 1.54) is 0 Å². The number of hydrazine groups is 1. The Morgan fingerprint density at radius 1 is 1.07 bits per heavy atom. The van der Waals surface area contributed by atoms with Gasteiger partial charge in [0.1, 0.15) is 0 Å². The van der Waals surface area contributed by atoms with E-state index in [4.69, 9.17) is 16.6 Å². The van der Waals surface area contributed by atoms with E-state index in [-0.39, 0.29) is 17.6 Å². The van der Waals surface area contributed by atoms with Crippen LogP contribution in [-0.4, -0.2) is 69.1 Å². The minimum absolute atomic E-state index is 0.0131. The van der Waals surface area contributed by atoms with Gasteiger partial charge in [-0.3, -0.25) is 19.5 Å². The molecule has 1 aromatic carbocycles.